The number of unbranched alkanes of at least 4 members (excludes halogenated alkanes) is 1. The molecule has 0 heterocycles. The summed E-state index contributed by atoms with van der Waals surface area (Å²) < 4.78 is 9.80. The zero-order chi connectivity index (χ0) is 14.1. The summed E-state index contributed by atoms with van der Waals surface area (Å²) in [4.78, 5) is 22.8. The Hall–Kier alpha value is -1.88. The van der Waals surface area contributed by atoms with Crippen molar-refractivity contribution in [2.75, 3.05) is 13.7 Å². The maximum Gasteiger partial charge on any atom is 0.311 e. The van der Waals surface area contributed by atoms with E-state index in [4.69, 9.17) is 9.84 Å². The predicted molar refractivity (Wildman–Crippen MR) is 68.7 cm³/mol. The van der Waals surface area contributed by atoms with Gasteiger partial charge < -0.3 is 14.6 Å². The third-order valence-corrected chi connectivity index (χ3v) is 2.55. The van der Waals surface area contributed by atoms with Gasteiger partial charge in [-0.3, -0.25) is 9.59 Å². The molecule has 0 unspecified atom stereocenters. The lowest BCUT2D eigenvalue weighted by molar-refractivity contribution is -0.140. The first-order valence-electron chi connectivity index (χ1n) is 6.13. The van der Waals surface area contributed by atoms with Crippen molar-refractivity contribution in [1.82, 2.24) is 0 Å². The highest BCUT2D eigenvalue weighted by molar-refractivity contribution is 5.76. The number of ether oxygens (including phenoxy) is 2. The van der Waals surface area contributed by atoms with Crippen molar-refractivity contribution in [2.24, 2.45) is 0 Å². The highest BCUT2D eigenvalue weighted by Gasteiger charge is 2.11. The first-order valence-corrected chi connectivity index (χ1v) is 6.13. The zero-order valence-electron chi connectivity index (χ0n) is 10.9. The molecular weight excluding hydrogens is 248 g/mol. The van der Waals surface area contributed by atoms with E-state index < -0.39 is 0 Å². The van der Waals surface area contributed by atoms with E-state index in [9.17, 15) is 9.59 Å². The summed E-state index contributed by atoms with van der Waals surface area (Å²) in [6, 6.07) is 6.86. The van der Waals surface area contributed by atoms with Gasteiger partial charge in [0.1, 0.15) is 5.75 Å². The van der Waals surface area contributed by atoms with Gasteiger partial charge >= 0.3 is 11.9 Å². The van der Waals surface area contributed by atoms with Crippen LogP contribution in [0.5, 0.6) is 5.75 Å². The smallest absolute Gasteiger partial charge is 0.311 e. The highest BCUT2D eigenvalue weighted by atomic mass is 16.5. The Morgan fingerprint density at radius 1 is 1.16 bits per heavy atom. The van der Waals surface area contributed by atoms with Crippen molar-refractivity contribution in [3.63, 3.8) is 0 Å². The summed E-state index contributed by atoms with van der Waals surface area (Å²) >= 11 is 0. The average molecular weight is 266 g/mol. The lowest BCUT2D eigenvalue weighted by Gasteiger charge is -2.09. The van der Waals surface area contributed by atoms with Crippen molar-refractivity contribution in [3.8, 4) is 5.75 Å². The molecule has 0 aliphatic heterocycles. The minimum Gasteiger partial charge on any atom is -0.469 e. The van der Waals surface area contributed by atoms with Gasteiger partial charge in [-0.15, -0.1) is 0 Å². The molecular formula is C14H18O5. The van der Waals surface area contributed by atoms with Crippen LogP contribution in [0.1, 0.15) is 24.8 Å². The maximum absolute atomic E-state index is 11.6. The van der Waals surface area contributed by atoms with Crippen LogP contribution in [-0.4, -0.2) is 30.8 Å². The summed E-state index contributed by atoms with van der Waals surface area (Å²) in [5, 5.41) is 8.64. The van der Waals surface area contributed by atoms with Crippen molar-refractivity contribution in [1.29, 1.82) is 0 Å². The van der Waals surface area contributed by atoms with Crippen LogP contribution in [0.2, 0.25) is 0 Å². The minimum absolute atomic E-state index is 0.0617. The first-order chi connectivity index (χ1) is 9.17. The molecule has 5 nitrogen and oxygen atoms in total. The summed E-state index contributed by atoms with van der Waals surface area (Å²) in [6.07, 6.45) is 1.46. The second-order valence-electron chi connectivity index (χ2n) is 4.02. The van der Waals surface area contributed by atoms with Crippen LogP contribution >= 0.6 is 0 Å². The molecule has 0 spiro atoms. The number of para-hydroxylation sites is 1. The number of carbonyl (C=O) groups excluding carboxylic acids is 2. The Morgan fingerprint density at radius 3 is 2.58 bits per heavy atom. The van der Waals surface area contributed by atoms with E-state index in [2.05, 4.69) is 4.74 Å². The largest absolute Gasteiger partial charge is 0.469 e. The summed E-state index contributed by atoms with van der Waals surface area (Å²) in [6.45, 7) is 0.0617. The molecule has 1 aromatic carbocycles. The Labute approximate surface area is 112 Å². The van der Waals surface area contributed by atoms with Gasteiger partial charge in [-0.1, -0.05) is 18.2 Å². The number of esters is 2. The lowest BCUT2D eigenvalue weighted by Crippen LogP contribution is -2.11. The van der Waals surface area contributed by atoms with Crippen LogP contribution in [0, 0.1) is 0 Å². The number of benzene rings is 1. The molecule has 0 aromatic heterocycles. The van der Waals surface area contributed by atoms with Crippen LogP contribution in [0.25, 0.3) is 0 Å². The van der Waals surface area contributed by atoms with Gasteiger partial charge in [-0.05, 0) is 18.9 Å². The molecule has 1 rings (SSSR count). The van der Waals surface area contributed by atoms with Crippen molar-refractivity contribution in [2.45, 2.75) is 25.7 Å². The molecule has 19 heavy (non-hydrogen) atoms. The number of methoxy groups -OCH3 is 1. The monoisotopic (exact) mass is 266 g/mol. The van der Waals surface area contributed by atoms with Crippen LogP contribution in [0.15, 0.2) is 24.3 Å². The molecule has 0 aliphatic rings. The SMILES string of the molecule is COC(=O)Cc1ccccc1OC(=O)CCCCO. The average Bonchev–Trinajstić information content (AvgIpc) is 2.41. The van der Waals surface area contributed by atoms with E-state index in [1.807, 2.05) is 0 Å². The fraction of sp³-hybridized carbons (Fsp3) is 0.429. The van der Waals surface area contributed by atoms with E-state index in [0.29, 0.717) is 24.2 Å². The predicted octanol–water partition coefficient (Wildman–Crippen LogP) is 1.47. The Morgan fingerprint density at radius 2 is 1.89 bits per heavy atom. The van der Waals surface area contributed by atoms with Gasteiger partial charge in [-0.25, -0.2) is 0 Å². The van der Waals surface area contributed by atoms with Crippen LogP contribution in [0.3, 0.4) is 0 Å². The fourth-order valence-corrected chi connectivity index (χ4v) is 1.53. The number of rotatable bonds is 7. The second-order valence-corrected chi connectivity index (χ2v) is 4.02. The first kappa shape index (κ1) is 15.2. The van der Waals surface area contributed by atoms with Crippen molar-refractivity contribution in [3.05, 3.63) is 29.8 Å². The Balaban J connectivity index is 2.61. The second kappa shape index (κ2) is 8.26. The van der Waals surface area contributed by atoms with Gasteiger partial charge in [0, 0.05) is 18.6 Å². The summed E-state index contributed by atoms with van der Waals surface area (Å²) in [7, 11) is 1.31. The normalized spacial score (nSPS) is 10.0. The topological polar surface area (TPSA) is 72.8 Å². The van der Waals surface area contributed by atoms with Crippen LogP contribution in [-0.2, 0) is 20.7 Å². The highest BCUT2D eigenvalue weighted by Crippen LogP contribution is 2.19. The lowest BCUT2D eigenvalue weighted by atomic mass is 10.1. The van der Waals surface area contributed by atoms with Crippen molar-refractivity contribution >= 4 is 11.9 Å². The van der Waals surface area contributed by atoms with E-state index in [1.54, 1.807) is 24.3 Å². The number of aliphatic hydroxyl groups excluding tert-OH is 1. The van der Waals surface area contributed by atoms with Crippen LogP contribution < -0.4 is 4.74 Å². The molecule has 1 N–H and O–H groups in total. The maximum atomic E-state index is 11.6. The molecule has 5 heteroatoms. The number of carbonyl (C=O) groups is 2. The molecule has 0 bridgehead atoms. The Kier molecular flexibility index (Phi) is 6.60. The van der Waals surface area contributed by atoms with Gasteiger partial charge in [-0.2, -0.15) is 0 Å². The molecule has 1 aromatic rings. The van der Waals surface area contributed by atoms with E-state index in [1.165, 1.54) is 7.11 Å². The number of hydrogen-bond donors (Lipinski definition) is 1. The third kappa shape index (κ3) is 5.52. The minimum atomic E-state index is -0.385. The molecule has 0 saturated heterocycles. The van der Waals surface area contributed by atoms with E-state index >= 15 is 0 Å². The fourth-order valence-electron chi connectivity index (χ4n) is 1.53. The number of aliphatic hydroxyl groups is 1. The van der Waals surface area contributed by atoms with Crippen LogP contribution in [0.4, 0.5) is 0 Å². The van der Waals surface area contributed by atoms with E-state index in [0.717, 1.165) is 0 Å². The summed E-state index contributed by atoms with van der Waals surface area (Å²) in [5.74, 6) is -0.378. The van der Waals surface area contributed by atoms with Gasteiger partial charge in [0.25, 0.3) is 0 Å². The zero-order valence-corrected chi connectivity index (χ0v) is 10.9. The molecule has 0 atom stereocenters. The molecule has 0 aliphatic carbocycles. The molecule has 0 amide bonds. The van der Waals surface area contributed by atoms with Gasteiger partial charge in [0.05, 0.1) is 13.5 Å². The van der Waals surface area contributed by atoms with Gasteiger partial charge in [0.2, 0.25) is 0 Å². The molecule has 0 fully saturated rings. The summed E-state index contributed by atoms with van der Waals surface area (Å²) in [5.41, 5.74) is 0.616. The van der Waals surface area contributed by atoms with Gasteiger partial charge in [0.15, 0.2) is 0 Å². The molecule has 0 radical (unpaired) electrons. The quantitative estimate of drug-likeness (QED) is 0.459. The van der Waals surface area contributed by atoms with Crippen molar-refractivity contribution < 1.29 is 24.2 Å². The standard InChI is InChI=1S/C14H18O5/c1-18-14(17)10-11-6-2-3-7-12(11)19-13(16)8-4-5-9-15/h2-3,6-7,15H,4-5,8-10H2,1H3. The number of hydrogen-bond acceptors (Lipinski definition) is 5. The Bertz CT molecular complexity index is 428. The van der Waals surface area contributed by atoms with E-state index in [-0.39, 0.29) is 31.4 Å². The molecule has 104 valence electrons. The third-order valence-electron chi connectivity index (χ3n) is 2.55. The molecule has 0 saturated carbocycles.